The molecule has 2 aromatic rings. The van der Waals surface area contributed by atoms with Crippen molar-refractivity contribution in [2.45, 2.75) is 13.3 Å². The van der Waals surface area contributed by atoms with Gasteiger partial charge in [0, 0.05) is 18.2 Å². The number of nitrogen functional groups attached to an aromatic ring is 1. The lowest BCUT2D eigenvalue weighted by molar-refractivity contribution is 0.299. The molecule has 0 aromatic heterocycles. The second-order valence-electron chi connectivity index (χ2n) is 4.35. The molecule has 0 amide bonds. The van der Waals surface area contributed by atoms with Crippen LogP contribution in [0.3, 0.4) is 0 Å². The molecule has 0 aliphatic carbocycles. The summed E-state index contributed by atoms with van der Waals surface area (Å²) in [6, 6.07) is 5.39. The Balaban J connectivity index is 2.28. The Labute approximate surface area is 120 Å². The van der Waals surface area contributed by atoms with Crippen LogP contribution in [0.5, 0.6) is 17.2 Å². The highest BCUT2D eigenvalue weighted by Crippen LogP contribution is 2.34. The van der Waals surface area contributed by atoms with E-state index in [4.69, 9.17) is 15.2 Å². The maximum absolute atomic E-state index is 13.6. The molecule has 2 N–H and O–H groups in total. The zero-order chi connectivity index (χ0) is 15.4. The summed E-state index contributed by atoms with van der Waals surface area (Å²) < 4.78 is 50.2. The van der Waals surface area contributed by atoms with E-state index in [0.717, 1.165) is 18.2 Å². The molecule has 0 radical (unpaired) electrons. The molecule has 0 spiro atoms. The summed E-state index contributed by atoms with van der Waals surface area (Å²) in [5, 5.41) is 0. The summed E-state index contributed by atoms with van der Waals surface area (Å²) >= 11 is 0. The highest BCUT2D eigenvalue weighted by molar-refractivity contribution is 5.57. The maximum Gasteiger partial charge on any atom is 0.167 e. The van der Waals surface area contributed by atoms with E-state index in [1.807, 2.05) is 6.92 Å². The van der Waals surface area contributed by atoms with Crippen LogP contribution in [-0.2, 0) is 0 Å². The minimum Gasteiger partial charge on any atom is -0.490 e. The molecule has 0 atom stereocenters. The average molecular weight is 297 g/mol. The van der Waals surface area contributed by atoms with E-state index in [1.54, 1.807) is 0 Å². The largest absolute Gasteiger partial charge is 0.490 e. The van der Waals surface area contributed by atoms with Gasteiger partial charge in [-0.3, -0.25) is 0 Å². The molecule has 6 heteroatoms. The number of nitrogens with two attached hydrogens (primary N) is 1. The maximum atomic E-state index is 13.6. The van der Waals surface area contributed by atoms with E-state index >= 15 is 0 Å². The van der Waals surface area contributed by atoms with Crippen LogP contribution in [-0.4, -0.2) is 6.61 Å². The molecule has 0 unspecified atom stereocenters. The molecular weight excluding hydrogens is 283 g/mol. The SMILES string of the molecule is CCCOc1cc(Oc2ccc(F)c(F)c2)c(N)cc1F. The smallest absolute Gasteiger partial charge is 0.167 e. The van der Waals surface area contributed by atoms with Crippen molar-refractivity contribution in [3.8, 4) is 17.2 Å². The molecule has 0 aliphatic heterocycles. The van der Waals surface area contributed by atoms with Gasteiger partial charge in [0.25, 0.3) is 0 Å². The first-order valence-corrected chi connectivity index (χ1v) is 6.36. The highest BCUT2D eigenvalue weighted by atomic mass is 19.2. The van der Waals surface area contributed by atoms with Crippen molar-refractivity contribution < 1.29 is 22.6 Å². The Morgan fingerprint density at radius 1 is 0.952 bits per heavy atom. The quantitative estimate of drug-likeness (QED) is 0.838. The fraction of sp³-hybridized carbons (Fsp3) is 0.200. The van der Waals surface area contributed by atoms with Crippen molar-refractivity contribution in [1.82, 2.24) is 0 Å². The summed E-state index contributed by atoms with van der Waals surface area (Å²) in [5.41, 5.74) is 5.68. The molecule has 2 rings (SSSR count). The molecule has 21 heavy (non-hydrogen) atoms. The van der Waals surface area contributed by atoms with Gasteiger partial charge in [-0.15, -0.1) is 0 Å². The number of benzene rings is 2. The number of ether oxygens (including phenoxy) is 2. The van der Waals surface area contributed by atoms with Gasteiger partial charge in [-0.05, 0) is 18.6 Å². The van der Waals surface area contributed by atoms with Gasteiger partial charge < -0.3 is 15.2 Å². The van der Waals surface area contributed by atoms with Gasteiger partial charge >= 0.3 is 0 Å². The summed E-state index contributed by atoms with van der Waals surface area (Å²) in [5.74, 6) is -2.50. The Kier molecular flexibility index (Phi) is 4.57. The Morgan fingerprint density at radius 3 is 2.38 bits per heavy atom. The van der Waals surface area contributed by atoms with Crippen LogP contribution in [0.1, 0.15) is 13.3 Å². The lowest BCUT2D eigenvalue weighted by atomic mass is 10.2. The van der Waals surface area contributed by atoms with Gasteiger partial charge in [0.15, 0.2) is 29.0 Å². The molecule has 112 valence electrons. The summed E-state index contributed by atoms with van der Waals surface area (Å²) in [4.78, 5) is 0. The Morgan fingerprint density at radius 2 is 1.71 bits per heavy atom. The van der Waals surface area contributed by atoms with Crippen LogP contribution in [0.2, 0.25) is 0 Å². The van der Waals surface area contributed by atoms with E-state index in [1.165, 1.54) is 12.1 Å². The van der Waals surface area contributed by atoms with E-state index < -0.39 is 17.5 Å². The predicted molar refractivity (Wildman–Crippen MR) is 73.0 cm³/mol. The van der Waals surface area contributed by atoms with Gasteiger partial charge in [0.05, 0.1) is 12.3 Å². The van der Waals surface area contributed by atoms with Crippen molar-refractivity contribution in [3.05, 3.63) is 47.8 Å². The number of hydrogen-bond acceptors (Lipinski definition) is 3. The van der Waals surface area contributed by atoms with Gasteiger partial charge in [-0.2, -0.15) is 0 Å². The third kappa shape index (κ3) is 3.59. The second-order valence-corrected chi connectivity index (χ2v) is 4.35. The first kappa shape index (κ1) is 15.0. The Hall–Kier alpha value is -2.37. The van der Waals surface area contributed by atoms with E-state index in [2.05, 4.69) is 0 Å². The zero-order valence-electron chi connectivity index (χ0n) is 11.3. The van der Waals surface area contributed by atoms with Crippen LogP contribution in [0, 0.1) is 17.5 Å². The van der Waals surface area contributed by atoms with Crippen molar-refractivity contribution in [3.63, 3.8) is 0 Å². The molecule has 2 aromatic carbocycles. The van der Waals surface area contributed by atoms with Crippen LogP contribution in [0.4, 0.5) is 18.9 Å². The minimum atomic E-state index is -1.05. The van der Waals surface area contributed by atoms with Crippen molar-refractivity contribution in [2.24, 2.45) is 0 Å². The molecule has 0 aliphatic rings. The third-order valence-electron chi connectivity index (χ3n) is 2.64. The van der Waals surface area contributed by atoms with Crippen LogP contribution >= 0.6 is 0 Å². The molecule has 3 nitrogen and oxygen atoms in total. The summed E-state index contributed by atoms with van der Waals surface area (Å²) in [6.45, 7) is 2.22. The molecule has 0 heterocycles. The van der Waals surface area contributed by atoms with Crippen molar-refractivity contribution in [1.29, 1.82) is 0 Å². The van der Waals surface area contributed by atoms with Gasteiger partial charge in [-0.25, -0.2) is 13.2 Å². The molecule has 0 saturated carbocycles. The fourth-order valence-electron chi connectivity index (χ4n) is 1.63. The third-order valence-corrected chi connectivity index (χ3v) is 2.64. The standard InChI is InChI=1S/C15H14F3NO2/c1-2-5-20-14-8-15(13(19)7-12(14)18)21-9-3-4-10(16)11(17)6-9/h3-4,6-8H,2,5,19H2,1H3. The van der Waals surface area contributed by atoms with Crippen molar-refractivity contribution in [2.75, 3.05) is 12.3 Å². The normalized spacial score (nSPS) is 10.5. The fourth-order valence-corrected chi connectivity index (χ4v) is 1.63. The first-order valence-electron chi connectivity index (χ1n) is 6.36. The molecule has 0 fully saturated rings. The molecular formula is C15H14F3NO2. The van der Waals surface area contributed by atoms with Crippen LogP contribution in [0.25, 0.3) is 0 Å². The Bertz CT molecular complexity index is 647. The number of rotatable bonds is 5. The van der Waals surface area contributed by atoms with E-state index in [-0.39, 0.29) is 22.9 Å². The minimum absolute atomic E-state index is 0.0105. The second kappa shape index (κ2) is 6.39. The van der Waals surface area contributed by atoms with Crippen molar-refractivity contribution >= 4 is 5.69 Å². The van der Waals surface area contributed by atoms with Gasteiger partial charge in [-0.1, -0.05) is 6.92 Å². The number of anilines is 1. The monoisotopic (exact) mass is 297 g/mol. The number of hydrogen-bond donors (Lipinski definition) is 1. The highest BCUT2D eigenvalue weighted by Gasteiger charge is 2.12. The van der Waals surface area contributed by atoms with Crippen LogP contribution < -0.4 is 15.2 Å². The number of halogens is 3. The summed E-state index contributed by atoms with van der Waals surface area (Å²) in [6.07, 6.45) is 0.711. The molecule has 0 bridgehead atoms. The zero-order valence-corrected chi connectivity index (χ0v) is 11.3. The lowest BCUT2D eigenvalue weighted by Crippen LogP contribution is -2.00. The lowest BCUT2D eigenvalue weighted by Gasteiger charge is -2.12. The topological polar surface area (TPSA) is 44.5 Å². The first-order chi connectivity index (χ1) is 10.0. The van der Waals surface area contributed by atoms with Crippen LogP contribution in [0.15, 0.2) is 30.3 Å². The summed E-state index contributed by atoms with van der Waals surface area (Å²) in [7, 11) is 0. The van der Waals surface area contributed by atoms with E-state index in [9.17, 15) is 13.2 Å². The van der Waals surface area contributed by atoms with Gasteiger partial charge in [0.1, 0.15) is 5.75 Å². The average Bonchev–Trinajstić information content (AvgIpc) is 2.44. The van der Waals surface area contributed by atoms with E-state index in [0.29, 0.717) is 13.0 Å². The van der Waals surface area contributed by atoms with Gasteiger partial charge in [0.2, 0.25) is 0 Å². The molecule has 0 saturated heterocycles. The predicted octanol–water partition coefficient (Wildman–Crippen LogP) is 4.27.